The highest BCUT2D eigenvalue weighted by Crippen LogP contribution is 2.21. The van der Waals surface area contributed by atoms with E-state index in [2.05, 4.69) is 5.32 Å². The average Bonchev–Trinajstić information content (AvgIpc) is 2.39. The minimum atomic E-state index is 0.300. The number of thiocarbonyl (C=S) groups is 1. The van der Waals surface area contributed by atoms with Gasteiger partial charge in [0.05, 0.1) is 0 Å². The second-order valence-electron chi connectivity index (χ2n) is 3.80. The molecule has 5 heteroatoms. The highest BCUT2D eigenvalue weighted by molar-refractivity contribution is 7.80. The summed E-state index contributed by atoms with van der Waals surface area (Å²) in [6, 6.07) is 14.8. The van der Waals surface area contributed by atoms with Crippen LogP contribution in [0.25, 0.3) is 0 Å². The third-order valence-corrected chi connectivity index (χ3v) is 3.20. The molecule has 19 heavy (non-hydrogen) atoms. The number of hydrogen-bond acceptors (Lipinski definition) is 2. The monoisotopic (exact) mass is 311 g/mol. The summed E-state index contributed by atoms with van der Waals surface area (Å²) in [5.74, 6) is 0. The third-order valence-electron chi connectivity index (χ3n) is 2.39. The lowest BCUT2D eigenvalue weighted by Gasteiger charge is -2.10. The van der Waals surface area contributed by atoms with Crippen LogP contribution in [0.4, 0.5) is 5.69 Å². The molecular weight excluding hydrogens is 301 g/mol. The lowest BCUT2D eigenvalue weighted by atomic mass is 10.2. The molecule has 0 bridgehead atoms. The molecular formula is C14H11Cl2NOS. The molecule has 0 fully saturated rings. The first-order valence-electron chi connectivity index (χ1n) is 5.58. The van der Waals surface area contributed by atoms with E-state index in [0.717, 1.165) is 11.3 Å². The fraction of sp³-hybridized carbons (Fsp3) is 0.0714. The molecule has 0 radical (unpaired) electrons. The second kappa shape index (κ2) is 6.75. The van der Waals surface area contributed by atoms with Crippen LogP contribution in [0.1, 0.15) is 5.56 Å². The normalized spacial score (nSPS) is 10.0. The van der Waals surface area contributed by atoms with Gasteiger partial charge in [0.15, 0.2) is 0 Å². The number of anilines is 1. The van der Waals surface area contributed by atoms with E-state index in [1.165, 1.54) is 0 Å². The molecule has 0 unspecified atom stereocenters. The van der Waals surface area contributed by atoms with E-state index in [1.54, 1.807) is 12.1 Å². The lowest BCUT2D eigenvalue weighted by Crippen LogP contribution is -2.13. The van der Waals surface area contributed by atoms with Crippen LogP contribution in [-0.4, -0.2) is 5.17 Å². The molecule has 2 aromatic rings. The van der Waals surface area contributed by atoms with Gasteiger partial charge in [0.1, 0.15) is 6.61 Å². The Morgan fingerprint density at radius 2 is 1.84 bits per heavy atom. The van der Waals surface area contributed by atoms with Crippen LogP contribution in [0.2, 0.25) is 10.0 Å². The Balaban J connectivity index is 1.90. The zero-order valence-corrected chi connectivity index (χ0v) is 12.2. The van der Waals surface area contributed by atoms with Crippen LogP contribution in [0.3, 0.4) is 0 Å². The summed E-state index contributed by atoms with van der Waals surface area (Å²) in [5.41, 5.74) is 1.72. The van der Waals surface area contributed by atoms with E-state index in [1.807, 2.05) is 36.4 Å². The lowest BCUT2D eigenvalue weighted by molar-refractivity contribution is 0.300. The molecule has 0 aromatic heterocycles. The molecule has 2 rings (SSSR count). The van der Waals surface area contributed by atoms with Gasteiger partial charge < -0.3 is 10.1 Å². The van der Waals surface area contributed by atoms with Crippen molar-refractivity contribution in [1.29, 1.82) is 0 Å². The Kier molecular flexibility index (Phi) is 5.02. The van der Waals surface area contributed by atoms with E-state index in [4.69, 9.17) is 40.2 Å². The molecule has 0 aliphatic carbocycles. The molecule has 0 atom stereocenters. The maximum atomic E-state index is 6.05. The van der Waals surface area contributed by atoms with Crippen molar-refractivity contribution in [3.63, 3.8) is 0 Å². The summed E-state index contributed by atoms with van der Waals surface area (Å²) < 4.78 is 5.45. The van der Waals surface area contributed by atoms with Gasteiger partial charge in [-0.15, -0.1) is 0 Å². The van der Waals surface area contributed by atoms with Crippen molar-refractivity contribution in [2.75, 3.05) is 5.32 Å². The van der Waals surface area contributed by atoms with Crippen LogP contribution in [0.5, 0.6) is 0 Å². The predicted octanol–water partition coefficient (Wildman–Crippen LogP) is 4.91. The Hall–Kier alpha value is -1.29. The average molecular weight is 312 g/mol. The summed E-state index contributed by atoms with van der Waals surface area (Å²) in [6.07, 6.45) is 0. The SMILES string of the molecule is S=C(Nc1ccccc1)OCc1ccc(Cl)cc1Cl. The van der Waals surface area contributed by atoms with E-state index < -0.39 is 0 Å². The summed E-state index contributed by atoms with van der Waals surface area (Å²) >= 11 is 17.0. The van der Waals surface area contributed by atoms with Gasteiger partial charge in [-0.2, -0.15) is 0 Å². The number of ether oxygens (including phenoxy) is 1. The van der Waals surface area contributed by atoms with Crippen LogP contribution >= 0.6 is 35.4 Å². The van der Waals surface area contributed by atoms with Crippen molar-refractivity contribution >= 4 is 46.3 Å². The molecule has 0 saturated carbocycles. The minimum absolute atomic E-state index is 0.300. The van der Waals surface area contributed by atoms with Gasteiger partial charge in [0, 0.05) is 21.3 Å². The van der Waals surface area contributed by atoms with Crippen molar-refractivity contribution in [2.45, 2.75) is 6.61 Å². The molecule has 0 amide bonds. The standard InChI is InChI=1S/C14H11Cl2NOS/c15-11-7-6-10(13(16)8-11)9-18-14(19)17-12-4-2-1-3-5-12/h1-8H,9H2,(H,17,19). The van der Waals surface area contributed by atoms with Gasteiger partial charge in [-0.1, -0.05) is 47.5 Å². The van der Waals surface area contributed by atoms with Crippen molar-refractivity contribution in [3.05, 3.63) is 64.1 Å². The third kappa shape index (κ3) is 4.39. The molecule has 1 N–H and O–H groups in total. The van der Waals surface area contributed by atoms with Crippen molar-refractivity contribution in [3.8, 4) is 0 Å². The van der Waals surface area contributed by atoms with Gasteiger partial charge in [-0.05, 0) is 36.5 Å². The maximum Gasteiger partial charge on any atom is 0.261 e. The Morgan fingerprint density at radius 1 is 1.11 bits per heavy atom. The smallest absolute Gasteiger partial charge is 0.261 e. The van der Waals surface area contributed by atoms with E-state index in [0.29, 0.717) is 21.8 Å². The summed E-state index contributed by atoms with van der Waals surface area (Å²) in [4.78, 5) is 0. The van der Waals surface area contributed by atoms with Gasteiger partial charge in [-0.3, -0.25) is 0 Å². The van der Waals surface area contributed by atoms with E-state index >= 15 is 0 Å². The van der Waals surface area contributed by atoms with Crippen molar-refractivity contribution < 1.29 is 4.74 Å². The molecule has 0 saturated heterocycles. The predicted molar refractivity (Wildman–Crippen MR) is 83.9 cm³/mol. The summed E-state index contributed by atoms with van der Waals surface area (Å²) in [7, 11) is 0. The minimum Gasteiger partial charge on any atom is -0.466 e. The quantitative estimate of drug-likeness (QED) is 0.814. The van der Waals surface area contributed by atoms with Gasteiger partial charge in [0.25, 0.3) is 5.17 Å². The zero-order chi connectivity index (χ0) is 13.7. The summed E-state index contributed by atoms with van der Waals surface area (Å²) in [6.45, 7) is 0.300. The molecule has 0 heterocycles. The van der Waals surface area contributed by atoms with Crippen molar-refractivity contribution in [1.82, 2.24) is 0 Å². The molecule has 0 aliphatic heterocycles. The highest BCUT2D eigenvalue weighted by atomic mass is 35.5. The zero-order valence-electron chi connectivity index (χ0n) is 9.90. The van der Waals surface area contributed by atoms with Crippen LogP contribution < -0.4 is 5.32 Å². The van der Waals surface area contributed by atoms with Gasteiger partial charge >= 0.3 is 0 Å². The number of benzene rings is 2. The fourth-order valence-electron chi connectivity index (χ4n) is 1.46. The first kappa shape index (κ1) is 14.1. The van der Waals surface area contributed by atoms with Crippen LogP contribution in [0, 0.1) is 0 Å². The van der Waals surface area contributed by atoms with Crippen LogP contribution in [0.15, 0.2) is 48.5 Å². The molecule has 2 aromatic carbocycles. The first-order valence-corrected chi connectivity index (χ1v) is 6.74. The largest absolute Gasteiger partial charge is 0.466 e. The topological polar surface area (TPSA) is 21.3 Å². The Labute approximate surface area is 127 Å². The van der Waals surface area contributed by atoms with Gasteiger partial charge in [0.2, 0.25) is 0 Å². The Morgan fingerprint density at radius 3 is 2.53 bits per heavy atom. The van der Waals surface area contributed by atoms with E-state index in [9.17, 15) is 0 Å². The van der Waals surface area contributed by atoms with Gasteiger partial charge in [-0.25, -0.2) is 0 Å². The number of halogens is 2. The van der Waals surface area contributed by atoms with Crippen molar-refractivity contribution in [2.24, 2.45) is 0 Å². The number of nitrogens with one attached hydrogen (secondary N) is 1. The molecule has 0 aliphatic rings. The number of hydrogen-bond donors (Lipinski definition) is 1. The molecule has 0 spiro atoms. The Bertz CT molecular complexity index is 575. The number of rotatable bonds is 3. The highest BCUT2D eigenvalue weighted by Gasteiger charge is 2.04. The second-order valence-corrected chi connectivity index (χ2v) is 5.02. The summed E-state index contributed by atoms with van der Waals surface area (Å²) in [5, 5.41) is 4.45. The van der Waals surface area contributed by atoms with E-state index in [-0.39, 0.29) is 0 Å². The first-order chi connectivity index (χ1) is 9.15. The van der Waals surface area contributed by atoms with Crippen LogP contribution in [-0.2, 0) is 11.3 Å². The molecule has 2 nitrogen and oxygen atoms in total. The maximum absolute atomic E-state index is 6.05. The molecule has 98 valence electrons. The fourth-order valence-corrected chi connectivity index (χ4v) is 2.10. The number of para-hydroxylation sites is 1.